The lowest BCUT2D eigenvalue weighted by Gasteiger charge is -2.09. The van der Waals surface area contributed by atoms with Gasteiger partial charge in [0.05, 0.1) is 0 Å². The molecule has 0 aliphatic carbocycles. The zero-order valence-corrected chi connectivity index (χ0v) is 9.16. The number of aldehydes is 1. The van der Waals surface area contributed by atoms with Crippen molar-refractivity contribution in [2.45, 2.75) is 33.1 Å². The molecule has 1 rings (SSSR count). The number of carbonyl (C=O) groups is 1. The van der Waals surface area contributed by atoms with Crippen molar-refractivity contribution in [3.8, 4) is 0 Å². The van der Waals surface area contributed by atoms with Crippen molar-refractivity contribution < 1.29 is 4.79 Å². The highest BCUT2D eigenvalue weighted by atomic mass is 16.1. The quantitative estimate of drug-likeness (QED) is 0.666. The van der Waals surface area contributed by atoms with E-state index in [4.69, 9.17) is 0 Å². The molecule has 0 aliphatic rings. The average Bonchev–Trinajstić information content (AvgIpc) is 2.18. The zero-order valence-electron chi connectivity index (χ0n) is 9.16. The van der Waals surface area contributed by atoms with Gasteiger partial charge in [0, 0.05) is 5.92 Å². The van der Waals surface area contributed by atoms with Crippen LogP contribution in [0.15, 0.2) is 24.3 Å². The summed E-state index contributed by atoms with van der Waals surface area (Å²) in [5, 5.41) is 0. The fraction of sp³-hybridized carbons (Fsp3) is 0.462. The van der Waals surface area contributed by atoms with Gasteiger partial charge in [0.2, 0.25) is 0 Å². The number of rotatable bonds is 4. The summed E-state index contributed by atoms with van der Waals surface area (Å²) >= 11 is 0. The van der Waals surface area contributed by atoms with Gasteiger partial charge in [-0.15, -0.1) is 0 Å². The minimum Gasteiger partial charge on any atom is -0.303 e. The van der Waals surface area contributed by atoms with E-state index in [9.17, 15) is 4.79 Å². The van der Waals surface area contributed by atoms with E-state index in [-0.39, 0.29) is 5.92 Å². The minimum absolute atomic E-state index is 0.123. The van der Waals surface area contributed by atoms with Crippen LogP contribution >= 0.6 is 0 Å². The molecule has 1 atom stereocenters. The molecule has 14 heavy (non-hydrogen) atoms. The molecule has 0 saturated carbocycles. The summed E-state index contributed by atoms with van der Waals surface area (Å²) in [5.74, 6) is 0.680. The lowest BCUT2D eigenvalue weighted by atomic mass is 9.96. The van der Waals surface area contributed by atoms with Gasteiger partial charge in [-0.3, -0.25) is 0 Å². The maximum atomic E-state index is 10.5. The summed E-state index contributed by atoms with van der Waals surface area (Å²) in [5.41, 5.74) is 2.61. The Hall–Kier alpha value is -1.11. The predicted octanol–water partition coefficient (Wildman–Crippen LogP) is 3.19. The lowest BCUT2D eigenvalue weighted by Crippen LogP contribution is -2.01. The first kappa shape index (κ1) is 11.0. The molecule has 0 fully saturated rings. The monoisotopic (exact) mass is 190 g/mol. The van der Waals surface area contributed by atoms with Gasteiger partial charge in [0.25, 0.3) is 0 Å². The molecule has 1 unspecified atom stereocenters. The molecule has 1 aromatic rings. The molecule has 0 aliphatic heterocycles. The Kier molecular flexibility index (Phi) is 3.87. The van der Waals surface area contributed by atoms with Crippen LogP contribution in [0.1, 0.15) is 37.8 Å². The van der Waals surface area contributed by atoms with E-state index in [0.717, 1.165) is 12.7 Å². The fourth-order valence-electron chi connectivity index (χ4n) is 1.50. The normalized spacial score (nSPS) is 12.9. The van der Waals surface area contributed by atoms with Gasteiger partial charge >= 0.3 is 0 Å². The number of benzene rings is 1. The first-order valence-electron chi connectivity index (χ1n) is 5.17. The van der Waals surface area contributed by atoms with Crippen LogP contribution in [0.3, 0.4) is 0 Å². The van der Waals surface area contributed by atoms with E-state index in [1.807, 2.05) is 6.92 Å². The van der Waals surface area contributed by atoms with Crippen molar-refractivity contribution in [3.63, 3.8) is 0 Å². The molecule has 0 N–H and O–H groups in total. The number of hydrogen-bond donors (Lipinski definition) is 0. The lowest BCUT2D eigenvalue weighted by molar-refractivity contribution is -0.110. The van der Waals surface area contributed by atoms with Crippen LogP contribution in [-0.2, 0) is 11.2 Å². The van der Waals surface area contributed by atoms with E-state index in [1.165, 1.54) is 11.1 Å². The molecule has 0 saturated heterocycles. The molecule has 1 heteroatoms. The van der Waals surface area contributed by atoms with E-state index in [1.54, 1.807) is 0 Å². The molecule has 0 aromatic heterocycles. The fourth-order valence-corrected chi connectivity index (χ4v) is 1.50. The number of carbonyl (C=O) groups excluding carboxylic acids is 1. The Bertz CT molecular complexity index is 302. The molecule has 1 nitrogen and oxygen atoms in total. The standard InChI is InChI=1S/C13H18O/c1-10(2)13-6-4-5-12(8-13)7-11(3)9-14/h4-6,8-11H,7H2,1-3H3. The molecular formula is C13H18O. The second-order valence-electron chi connectivity index (χ2n) is 4.22. The first-order valence-corrected chi connectivity index (χ1v) is 5.17. The van der Waals surface area contributed by atoms with Crippen molar-refractivity contribution >= 4 is 6.29 Å². The molecule has 76 valence electrons. The van der Waals surface area contributed by atoms with Crippen LogP contribution in [0.5, 0.6) is 0 Å². The summed E-state index contributed by atoms with van der Waals surface area (Å²) in [7, 11) is 0. The SMILES string of the molecule is CC(C=O)Cc1cccc(C(C)C)c1. The van der Waals surface area contributed by atoms with Crippen molar-refractivity contribution in [1.29, 1.82) is 0 Å². The van der Waals surface area contributed by atoms with Gasteiger partial charge in [0.1, 0.15) is 6.29 Å². The second-order valence-corrected chi connectivity index (χ2v) is 4.22. The van der Waals surface area contributed by atoms with Crippen molar-refractivity contribution in [2.24, 2.45) is 5.92 Å². The second kappa shape index (κ2) is 4.94. The van der Waals surface area contributed by atoms with Crippen LogP contribution < -0.4 is 0 Å². The predicted molar refractivity (Wildman–Crippen MR) is 59.5 cm³/mol. The summed E-state index contributed by atoms with van der Waals surface area (Å²) < 4.78 is 0. The van der Waals surface area contributed by atoms with Gasteiger partial charge < -0.3 is 4.79 Å². The first-order chi connectivity index (χ1) is 6.63. The van der Waals surface area contributed by atoms with Crippen molar-refractivity contribution in [2.75, 3.05) is 0 Å². The molecule has 0 spiro atoms. The van der Waals surface area contributed by atoms with Crippen LogP contribution in [-0.4, -0.2) is 6.29 Å². The third-order valence-electron chi connectivity index (χ3n) is 2.41. The summed E-state index contributed by atoms with van der Waals surface area (Å²) in [6, 6.07) is 8.50. The third-order valence-corrected chi connectivity index (χ3v) is 2.41. The van der Waals surface area contributed by atoms with Crippen LogP contribution in [0.4, 0.5) is 0 Å². The molecule has 0 heterocycles. The Labute approximate surface area is 86.1 Å². The molecule has 0 amide bonds. The molecular weight excluding hydrogens is 172 g/mol. The van der Waals surface area contributed by atoms with E-state index in [0.29, 0.717) is 5.92 Å². The maximum absolute atomic E-state index is 10.5. The summed E-state index contributed by atoms with van der Waals surface area (Å²) in [6.07, 6.45) is 1.87. The Balaban J connectivity index is 2.78. The molecule has 0 bridgehead atoms. The number of hydrogen-bond acceptors (Lipinski definition) is 1. The van der Waals surface area contributed by atoms with Gasteiger partial charge in [0.15, 0.2) is 0 Å². The maximum Gasteiger partial charge on any atom is 0.123 e. The van der Waals surface area contributed by atoms with E-state index in [2.05, 4.69) is 38.1 Å². The molecule has 1 aromatic carbocycles. The highest BCUT2D eigenvalue weighted by Gasteiger charge is 2.04. The summed E-state index contributed by atoms with van der Waals surface area (Å²) in [4.78, 5) is 10.5. The highest BCUT2D eigenvalue weighted by Crippen LogP contribution is 2.17. The van der Waals surface area contributed by atoms with Crippen molar-refractivity contribution in [1.82, 2.24) is 0 Å². The Morgan fingerprint density at radius 1 is 1.29 bits per heavy atom. The zero-order chi connectivity index (χ0) is 10.6. The summed E-state index contributed by atoms with van der Waals surface area (Å²) in [6.45, 7) is 6.32. The molecule has 0 radical (unpaired) electrons. The van der Waals surface area contributed by atoms with Crippen LogP contribution in [0.2, 0.25) is 0 Å². The van der Waals surface area contributed by atoms with E-state index < -0.39 is 0 Å². The van der Waals surface area contributed by atoms with Crippen LogP contribution in [0, 0.1) is 5.92 Å². The van der Waals surface area contributed by atoms with Gasteiger partial charge in [-0.05, 0) is 23.5 Å². The van der Waals surface area contributed by atoms with Gasteiger partial charge in [-0.25, -0.2) is 0 Å². The largest absolute Gasteiger partial charge is 0.303 e. The van der Waals surface area contributed by atoms with Gasteiger partial charge in [-0.2, -0.15) is 0 Å². The highest BCUT2D eigenvalue weighted by molar-refractivity contribution is 5.53. The third kappa shape index (κ3) is 2.99. The average molecular weight is 190 g/mol. The van der Waals surface area contributed by atoms with E-state index >= 15 is 0 Å². The van der Waals surface area contributed by atoms with Crippen molar-refractivity contribution in [3.05, 3.63) is 35.4 Å². The Morgan fingerprint density at radius 3 is 2.57 bits per heavy atom. The van der Waals surface area contributed by atoms with Crippen LogP contribution in [0.25, 0.3) is 0 Å². The Morgan fingerprint density at radius 2 is 2.00 bits per heavy atom. The minimum atomic E-state index is 0.123. The smallest absolute Gasteiger partial charge is 0.123 e. The topological polar surface area (TPSA) is 17.1 Å². The van der Waals surface area contributed by atoms with Gasteiger partial charge in [-0.1, -0.05) is 45.0 Å².